The predicted octanol–water partition coefficient (Wildman–Crippen LogP) is 3.36. The van der Waals surface area contributed by atoms with E-state index in [0.29, 0.717) is 24.2 Å². The van der Waals surface area contributed by atoms with Crippen LogP contribution in [0, 0.1) is 6.57 Å². The van der Waals surface area contributed by atoms with Gasteiger partial charge in [0.15, 0.2) is 0 Å². The molecule has 3 atom stereocenters. The van der Waals surface area contributed by atoms with Crippen LogP contribution in [-0.4, -0.2) is 67.9 Å². The maximum Gasteiger partial charge on any atom is 0.424 e. The minimum Gasteiger partial charge on any atom is -0.496 e. The van der Waals surface area contributed by atoms with Crippen molar-refractivity contribution in [1.29, 1.82) is 0 Å². The Morgan fingerprint density at radius 1 is 1.10 bits per heavy atom. The van der Waals surface area contributed by atoms with Crippen molar-refractivity contribution in [3.05, 3.63) is 59.5 Å². The number of nitrogens with one attached hydrogen (secondary N) is 2. The molecule has 2 N–H and O–H groups in total. The van der Waals surface area contributed by atoms with E-state index in [1.165, 1.54) is 21.3 Å². The zero-order chi connectivity index (χ0) is 29.8. The second-order valence-electron chi connectivity index (χ2n) is 9.57. The Kier molecular flexibility index (Phi) is 12.7. The number of hydrogen-bond donors (Lipinski definition) is 2. The second-order valence-corrected chi connectivity index (χ2v) is 9.57. The highest BCUT2D eigenvalue weighted by molar-refractivity contribution is 5.94. The number of carbonyl (C=O) groups is 4. The summed E-state index contributed by atoms with van der Waals surface area (Å²) < 4.78 is 15.6. The Bertz CT molecular complexity index is 1100. The van der Waals surface area contributed by atoms with Crippen molar-refractivity contribution >= 4 is 23.9 Å². The summed E-state index contributed by atoms with van der Waals surface area (Å²) in [5.74, 6) is -1.72. The molecule has 0 aliphatic rings. The zero-order valence-corrected chi connectivity index (χ0v) is 23.5. The van der Waals surface area contributed by atoms with Gasteiger partial charge in [-0.3, -0.25) is 19.8 Å². The van der Waals surface area contributed by atoms with Gasteiger partial charge in [-0.1, -0.05) is 18.2 Å². The number of methoxy groups -OCH3 is 2. The van der Waals surface area contributed by atoms with E-state index in [2.05, 4.69) is 28.6 Å². The molecule has 1 aromatic rings. The van der Waals surface area contributed by atoms with Crippen LogP contribution in [-0.2, 0) is 30.3 Å². The van der Waals surface area contributed by atoms with E-state index in [-0.39, 0.29) is 6.42 Å². The molecule has 0 radical (unpaired) electrons. The van der Waals surface area contributed by atoms with E-state index in [0.717, 1.165) is 10.5 Å². The molecule has 0 aliphatic carbocycles. The monoisotopic (exact) mass is 543 g/mol. The van der Waals surface area contributed by atoms with Crippen molar-refractivity contribution in [3.8, 4) is 12.3 Å². The molecule has 0 bridgehead atoms. The Labute approximate surface area is 230 Å². The highest BCUT2D eigenvalue weighted by Crippen LogP contribution is 2.28. The van der Waals surface area contributed by atoms with Crippen molar-refractivity contribution < 1.29 is 33.4 Å². The van der Waals surface area contributed by atoms with E-state index in [1.807, 2.05) is 0 Å². The maximum absolute atomic E-state index is 13.6. The van der Waals surface area contributed by atoms with Crippen molar-refractivity contribution in [2.75, 3.05) is 21.3 Å². The first-order chi connectivity index (χ1) is 18.3. The molecule has 0 aromatic heterocycles. The van der Waals surface area contributed by atoms with Gasteiger partial charge in [-0.25, -0.2) is 9.59 Å². The largest absolute Gasteiger partial charge is 0.496 e. The van der Waals surface area contributed by atoms with Gasteiger partial charge in [0.2, 0.25) is 0 Å². The molecule has 11 nitrogen and oxygen atoms in total. The number of likely N-dealkylation sites (N-methyl/N-ethyl adjacent to an activating group) is 1. The van der Waals surface area contributed by atoms with Crippen LogP contribution in [0.25, 0.3) is 4.85 Å². The number of nitrogens with zero attached hydrogens (tertiary/aromatic N) is 2. The summed E-state index contributed by atoms with van der Waals surface area (Å²) in [6.45, 7) is 17.9. The van der Waals surface area contributed by atoms with Gasteiger partial charge in [0.05, 0.1) is 14.2 Å². The van der Waals surface area contributed by atoms with Gasteiger partial charge >= 0.3 is 24.1 Å². The molecule has 0 spiro atoms. The molecule has 1 aromatic carbocycles. The van der Waals surface area contributed by atoms with Gasteiger partial charge < -0.3 is 19.5 Å². The summed E-state index contributed by atoms with van der Waals surface area (Å²) in [5, 5.41) is 4.93. The van der Waals surface area contributed by atoms with E-state index >= 15 is 0 Å². The van der Waals surface area contributed by atoms with Crippen LogP contribution < -0.4 is 15.4 Å². The summed E-state index contributed by atoms with van der Waals surface area (Å²) in [6, 6.07) is 2.72. The molecule has 0 fully saturated rings. The van der Waals surface area contributed by atoms with Gasteiger partial charge in [0.1, 0.15) is 23.4 Å². The first kappa shape index (κ1) is 32.7. The highest BCUT2D eigenvalue weighted by Gasteiger charge is 2.38. The third-order valence-electron chi connectivity index (χ3n) is 5.44. The molecule has 1 rings (SSSR count). The van der Waals surface area contributed by atoms with E-state index in [9.17, 15) is 19.2 Å². The standard InChI is InChI=1S/C28H38N4O7/c1-10-12-14-20(26(35)38-9)30-25(34)23(29-6)31-24(33)22(32(7)27(36)39-28(3,4)5)19-15-16-21(37-8)18(17-19)13-11-2/h6,10-11,15-17,20,22-23H,1-2,12-14H2,3-5,7-9H3,(H-,30,31,33,34)/p+1. The lowest BCUT2D eigenvalue weighted by atomic mass is 9.99. The molecule has 212 valence electrons. The topological polar surface area (TPSA) is 128 Å². The van der Waals surface area contributed by atoms with Crippen LogP contribution in [0.1, 0.15) is 50.8 Å². The molecule has 0 aliphatic heterocycles. The lowest BCUT2D eigenvalue weighted by Crippen LogP contribution is -2.53. The van der Waals surface area contributed by atoms with Crippen molar-refractivity contribution in [1.82, 2.24) is 15.5 Å². The molecular formula is C28H39N4O7+. The molecule has 39 heavy (non-hydrogen) atoms. The first-order valence-corrected chi connectivity index (χ1v) is 12.3. The second kappa shape index (κ2) is 15.2. The molecule has 0 heterocycles. The molecule has 11 heteroatoms. The van der Waals surface area contributed by atoms with Gasteiger partial charge in [0.25, 0.3) is 12.5 Å². The van der Waals surface area contributed by atoms with Crippen LogP contribution in [0.4, 0.5) is 4.79 Å². The van der Waals surface area contributed by atoms with E-state index in [4.69, 9.17) is 20.8 Å². The SMILES string of the molecule is C#[N+]C(NC(=O)C(c1ccc(OC)c(CC=C)c1)N(C)C(=O)OC(C)(C)C)C(=O)NC(CCC=C)C(=O)OC. The Morgan fingerprint density at radius 2 is 1.77 bits per heavy atom. The number of carbonyl (C=O) groups excluding carboxylic acids is 4. The van der Waals surface area contributed by atoms with Crippen LogP contribution in [0.2, 0.25) is 0 Å². The zero-order valence-electron chi connectivity index (χ0n) is 23.5. The summed E-state index contributed by atoms with van der Waals surface area (Å²) in [5.41, 5.74) is 0.304. The Hall–Kier alpha value is -4.33. The molecule has 0 saturated carbocycles. The summed E-state index contributed by atoms with van der Waals surface area (Å²) in [4.78, 5) is 56.1. The van der Waals surface area contributed by atoms with Crippen LogP contribution >= 0.6 is 0 Å². The summed E-state index contributed by atoms with van der Waals surface area (Å²) in [7, 11) is 4.10. The van der Waals surface area contributed by atoms with Crippen molar-refractivity contribution in [2.45, 2.75) is 63.9 Å². The number of rotatable bonds is 13. The normalized spacial score (nSPS) is 12.9. The fraction of sp³-hybridized carbons (Fsp3) is 0.464. The van der Waals surface area contributed by atoms with E-state index in [1.54, 1.807) is 51.1 Å². The van der Waals surface area contributed by atoms with Gasteiger partial charge in [-0.15, -0.1) is 13.2 Å². The minimum atomic E-state index is -1.58. The number of allylic oxidation sites excluding steroid dienone is 2. The number of amides is 3. The molecule has 0 saturated heterocycles. The maximum atomic E-state index is 13.6. The average molecular weight is 544 g/mol. The molecule has 3 amide bonds. The number of benzene rings is 1. The number of ether oxygens (including phenoxy) is 3. The summed E-state index contributed by atoms with van der Waals surface area (Å²) >= 11 is 0. The van der Waals surface area contributed by atoms with Crippen molar-refractivity contribution in [2.24, 2.45) is 0 Å². The molecule has 3 unspecified atom stereocenters. The fourth-order valence-corrected chi connectivity index (χ4v) is 3.58. The van der Waals surface area contributed by atoms with Crippen LogP contribution in [0.15, 0.2) is 43.5 Å². The Morgan fingerprint density at radius 3 is 2.28 bits per heavy atom. The predicted molar refractivity (Wildman–Crippen MR) is 147 cm³/mol. The van der Waals surface area contributed by atoms with Crippen LogP contribution in [0.3, 0.4) is 0 Å². The van der Waals surface area contributed by atoms with Gasteiger partial charge in [-0.2, -0.15) is 0 Å². The first-order valence-electron chi connectivity index (χ1n) is 12.3. The third kappa shape index (κ3) is 9.81. The summed E-state index contributed by atoms with van der Waals surface area (Å²) in [6.07, 6.45) is 1.98. The highest BCUT2D eigenvalue weighted by atomic mass is 16.6. The third-order valence-corrected chi connectivity index (χ3v) is 5.44. The van der Waals surface area contributed by atoms with Gasteiger partial charge in [-0.05, 0) is 68.1 Å². The lowest BCUT2D eigenvalue weighted by Gasteiger charge is -2.30. The smallest absolute Gasteiger partial charge is 0.424 e. The lowest BCUT2D eigenvalue weighted by molar-refractivity contribution is -0.145. The fourth-order valence-electron chi connectivity index (χ4n) is 3.58. The quantitative estimate of drug-likeness (QED) is 0.288. The van der Waals surface area contributed by atoms with Crippen LogP contribution in [0.5, 0.6) is 5.75 Å². The number of hydrogen-bond acceptors (Lipinski definition) is 7. The van der Waals surface area contributed by atoms with Crippen molar-refractivity contribution in [3.63, 3.8) is 0 Å². The number of esters is 1. The van der Waals surface area contributed by atoms with E-state index < -0.39 is 47.7 Å². The molecular weight excluding hydrogens is 504 g/mol. The Balaban J connectivity index is 3.39. The minimum absolute atomic E-state index is 0.217. The van der Waals surface area contributed by atoms with Gasteiger partial charge in [0, 0.05) is 7.05 Å². The average Bonchev–Trinajstić information content (AvgIpc) is 2.88.